The van der Waals surface area contributed by atoms with Crippen molar-refractivity contribution in [2.24, 2.45) is 0 Å². The molecule has 0 bridgehead atoms. The van der Waals surface area contributed by atoms with Crippen molar-refractivity contribution in [3.63, 3.8) is 0 Å². The van der Waals surface area contributed by atoms with E-state index < -0.39 is 0 Å². The minimum Gasteiger partial charge on any atom is -0.378 e. The van der Waals surface area contributed by atoms with Gasteiger partial charge in [-0.05, 0) is 13.8 Å². The van der Waals surface area contributed by atoms with Gasteiger partial charge in [0.25, 0.3) is 0 Å². The molecule has 19 heavy (non-hydrogen) atoms. The SMILES string of the molecule is CNc1nc(N2CCOCC2)nc(N(C)C(C)C)n1. The van der Waals surface area contributed by atoms with Gasteiger partial charge in [0.15, 0.2) is 0 Å². The Bertz CT molecular complexity index is 419. The molecule has 0 atom stereocenters. The molecular weight excluding hydrogens is 244 g/mol. The summed E-state index contributed by atoms with van der Waals surface area (Å²) >= 11 is 0. The lowest BCUT2D eigenvalue weighted by Crippen LogP contribution is -2.38. The molecule has 0 unspecified atom stereocenters. The summed E-state index contributed by atoms with van der Waals surface area (Å²) in [5.41, 5.74) is 0. The average molecular weight is 266 g/mol. The quantitative estimate of drug-likeness (QED) is 0.855. The molecule has 7 heteroatoms. The van der Waals surface area contributed by atoms with Crippen LogP contribution >= 0.6 is 0 Å². The number of morpholine rings is 1. The zero-order valence-electron chi connectivity index (χ0n) is 12.1. The van der Waals surface area contributed by atoms with Crippen LogP contribution in [0.15, 0.2) is 0 Å². The summed E-state index contributed by atoms with van der Waals surface area (Å²) in [7, 11) is 3.81. The molecule has 0 aliphatic carbocycles. The van der Waals surface area contributed by atoms with E-state index in [1.807, 2.05) is 19.0 Å². The molecule has 0 aromatic carbocycles. The molecule has 1 fully saturated rings. The first-order chi connectivity index (χ1) is 9.11. The van der Waals surface area contributed by atoms with Crippen molar-refractivity contribution in [2.75, 3.05) is 55.5 Å². The van der Waals surface area contributed by atoms with E-state index in [0.717, 1.165) is 26.3 Å². The first kappa shape index (κ1) is 13.8. The largest absolute Gasteiger partial charge is 0.378 e. The number of aromatic nitrogens is 3. The molecule has 2 heterocycles. The zero-order chi connectivity index (χ0) is 13.8. The van der Waals surface area contributed by atoms with E-state index >= 15 is 0 Å². The lowest BCUT2D eigenvalue weighted by atomic mass is 10.4. The molecule has 1 saturated heterocycles. The molecule has 1 N–H and O–H groups in total. The van der Waals surface area contributed by atoms with Crippen molar-refractivity contribution < 1.29 is 4.74 Å². The number of rotatable bonds is 4. The van der Waals surface area contributed by atoms with Gasteiger partial charge < -0.3 is 19.9 Å². The molecule has 2 rings (SSSR count). The minimum atomic E-state index is 0.338. The highest BCUT2D eigenvalue weighted by molar-refractivity contribution is 5.45. The van der Waals surface area contributed by atoms with E-state index in [4.69, 9.17) is 4.74 Å². The van der Waals surface area contributed by atoms with Crippen LogP contribution in [-0.4, -0.2) is 61.4 Å². The number of hydrogen-bond donors (Lipinski definition) is 1. The minimum absolute atomic E-state index is 0.338. The summed E-state index contributed by atoms with van der Waals surface area (Å²) < 4.78 is 5.35. The van der Waals surface area contributed by atoms with Crippen molar-refractivity contribution in [3.8, 4) is 0 Å². The van der Waals surface area contributed by atoms with Crippen molar-refractivity contribution in [1.29, 1.82) is 0 Å². The highest BCUT2D eigenvalue weighted by atomic mass is 16.5. The molecule has 1 aromatic heterocycles. The number of anilines is 3. The fourth-order valence-electron chi connectivity index (χ4n) is 1.76. The van der Waals surface area contributed by atoms with Gasteiger partial charge in [-0.1, -0.05) is 0 Å². The van der Waals surface area contributed by atoms with Crippen molar-refractivity contribution in [1.82, 2.24) is 15.0 Å². The third-order valence-electron chi connectivity index (χ3n) is 3.22. The van der Waals surface area contributed by atoms with Gasteiger partial charge in [0, 0.05) is 33.2 Å². The molecule has 1 aliphatic heterocycles. The maximum absolute atomic E-state index is 5.35. The van der Waals surface area contributed by atoms with Crippen LogP contribution in [0, 0.1) is 0 Å². The second-order valence-corrected chi connectivity index (χ2v) is 4.81. The van der Waals surface area contributed by atoms with E-state index in [2.05, 4.69) is 39.0 Å². The van der Waals surface area contributed by atoms with Crippen LogP contribution in [0.1, 0.15) is 13.8 Å². The van der Waals surface area contributed by atoms with Gasteiger partial charge in [-0.15, -0.1) is 0 Å². The van der Waals surface area contributed by atoms with E-state index in [1.54, 1.807) is 0 Å². The lowest BCUT2D eigenvalue weighted by Gasteiger charge is -2.28. The van der Waals surface area contributed by atoms with Gasteiger partial charge in [0.05, 0.1) is 13.2 Å². The predicted molar refractivity (Wildman–Crippen MR) is 75.9 cm³/mol. The Morgan fingerprint density at radius 3 is 2.47 bits per heavy atom. The summed E-state index contributed by atoms with van der Waals surface area (Å²) in [6.45, 7) is 7.29. The third-order valence-corrected chi connectivity index (χ3v) is 3.22. The Kier molecular flexibility index (Phi) is 4.36. The molecular formula is C12H22N6O. The molecule has 0 amide bonds. The van der Waals surface area contributed by atoms with Gasteiger partial charge in [0.1, 0.15) is 0 Å². The molecule has 106 valence electrons. The molecule has 7 nitrogen and oxygen atoms in total. The normalized spacial score (nSPS) is 15.7. The maximum Gasteiger partial charge on any atom is 0.232 e. The van der Waals surface area contributed by atoms with Crippen LogP contribution in [0.4, 0.5) is 17.8 Å². The fourth-order valence-corrected chi connectivity index (χ4v) is 1.76. The zero-order valence-corrected chi connectivity index (χ0v) is 12.1. The smallest absolute Gasteiger partial charge is 0.232 e. The van der Waals surface area contributed by atoms with Crippen LogP contribution in [0.3, 0.4) is 0 Å². The molecule has 0 radical (unpaired) electrons. The first-order valence-corrected chi connectivity index (χ1v) is 6.61. The second kappa shape index (κ2) is 6.01. The van der Waals surface area contributed by atoms with E-state index in [9.17, 15) is 0 Å². The highest BCUT2D eigenvalue weighted by Crippen LogP contribution is 2.17. The average Bonchev–Trinajstić information content (AvgIpc) is 2.46. The highest BCUT2D eigenvalue weighted by Gasteiger charge is 2.18. The fraction of sp³-hybridized carbons (Fsp3) is 0.750. The number of hydrogen-bond acceptors (Lipinski definition) is 7. The van der Waals surface area contributed by atoms with Crippen LogP contribution in [0.5, 0.6) is 0 Å². The maximum atomic E-state index is 5.35. The predicted octanol–water partition coefficient (Wildman–Crippen LogP) is 0.594. The van der Waals surface area contributed by atoms with Gasteiger partial charge in [-0.3, -0.25) is 0 Å². The summed E-state index contributed by atoms with van der Waals surface area (Å²) in [5, 5.41) is 2.99. The van der Waals surface area contributed by atoms with Crippen molar-refractivity contribution >= 4 is 17.8 Å². The summed E-state index contributed by atoms with van der Waals surface area (Å²) in [5.74, 6) is 2.00. The Morgan fingerprint density at radius 2 is 1.89 bits per heavy atom. The number of nitrogens with zero attached hydrogens (tertiary/aromatic N) is 5. The van der Waals surface area contributed by atoms with Gasteiger partial charge in [-0.25, -0.2) is 0 Å². The van der Waals surface area contributed by atoms with Crippen molar-refractivity contribution in [2.45, 2.75) is 19.9 Å². The van der Waals surface area contributed by atoms with Gasteiger partial charge in [0.2, 0.25) is 17.8 Å². The molecule has 1 aromatic rings. The molecule has 0 spiro atoms. The first-order valence-electron chi connectivity index (χ1n) is 6.61. The Balaban J connectivity index is 2.29. The third kappa shape index (κ3) is 3.23. The lowest BCUT2D eigenvalue weighted by molar-refractivity contribution is 0.122. The van der Waals surface area contributed by atoms with E-state index in [-0.39, 0.29) is 0 Å². The Morgan fingerprint density at radius 1 is 1.21 bits per heavy atom. The van der Waals surface area contributed by atoms with E-state index in [0.29, 0.717) is 23.9 Å². The summed E-state index contributed by atoms with van der Waals surface area (Å²) in [4.78, 5) is 17.6. The Hall–Kier alpha value is -1.63. The van der Waals surface area contributed by atoms with Crippen LogP contribution in [0.2, 0.25) is 0 Å². The van der Waals surface area contributed by atoms with Gasteiger partial charge in [-0.2, -0.15) is 15.0 Å². The van der Waals surface area contributed by atoms with Crippen LogP contribution < -0.4 is 15.1 Å². The van der Waals surface area contributed by atoms with Gasteiger partial charge >= 0.3 is 0 Å². The number of ether oxygens (including phenoxy) is 1. The topological polar surface area (TPSA) is 66.4 Å². The summed E-state index contributed by atoms with van der Waals surface area (Å²) in [6.07, 6.45) is 0. The van der Waals surface area contributed by atoms with Crippen LogP contribution in [0.25, 0.3) is 0 Å². The van der Waals surface area contributed by atoms with E-state index in [1.165, 1.54) is 0 Å². The van der Waals surface area contributed by atoms with Crippen LogP contribution in [-0.2, 0) is 4.74 Å². The van der Waals surface area contributed by atoms with Crippen molar-refractivity contribution in [3.05, 3.63) is 0 Å². The monoisotopic (exact) mass is 266 g/mol. The standard InChI is InChI=1S/C12H22N6O/c1-9(2)17(4)11-14-10(13-3)15-12(16-11)18-5-7-19-8-6-18/h9H,5-8H2,1-4H3,(H,13,14,15,16). The molecule has 0 saturated carbocycles. The number of nitrogens with one attached hydrogen (secondary N) is 1. The second-order valence-electron chi connectivity index (χ2n) is 4.81. The molecule has 1 aliphatic rings. The Labute approximate surface area is 114 Å². The summed E-state index contributed by atoms with van der Waals surface area (Å²) in [6, 6.07) is 0.338.